The molecule has 0 radical (unpaired) electrons. The van der Waals surface area contributed by atoms with E-state index in [2.05, 4.69) is 35.9 Å². The number of amides is 1. The minimum absolute atomic E-state index is 0.00827. The Morgan fingerprint density at radius 1 is 1.06 bits per heavy atom. The molecule has 1 aromatic heterocycles. The number of oxazole rings is 1. The van der Waals surface area contributed by atoms with Crippen molar-refractivity contribution in [2.45, 2.75) is 32.8 Å². The number of aromatic nitrogens is 1. The first-order valence-corrected chi connectivity index (χ1v) is 11.3. The van der Waals surface area contributed by atoms with Crippen LogP contribution in [0.3, 0.4) is 0 Å². The number of hydrogen-bond acceptors (Lipinski definition) is 6. The van der Waals surface area contributed by atoms with Gasteiger partial charge in [0.05, 0.1) is 5.52 Å². The molecule has 0 aliphatic carbocycles. The van der Waals surface area contributed by atoms with Crippen molar-refractivity contribution < 1.29 is 18.7 Å². The lowest BCUT2D eigenvalue weighted by molar-refractivity contribution is 0.0696. The second-order valence-electron chi connectivity index (χ2n) is 8.68. The number of ketones is 1. The molecule has 1 saturated heterocycles. The molecule has 0 spiro atoms. The SMILES string of the molecule is CC(C)c1ccc(COC(=O)N2CCN(CCC(=O)c3ccc4[nH]c(=O)oc4c3)CC2)cc1. The summed E-state index contributed by atoms with van der Waals surface area (Å²) >= 11 is 0. The maximum absolute atomic E-state index is 12.5. The first-order chi connectivity index (χ1) is 15.9. The minimum Gasteiger partial charge on any atom is -0.445 e. The van der Waals surface area contributed by atoms with Gasteiger partial charge in [-0.1, -0.05) is 38.1 Å². The molecular weight excluding hydrogens is 422 g/mol. The monoisotopic (exact) mass is 451 g/mol. The number of hydrogen-bond donors (Lipinski definition) is 1. The third-order valence-electron chi connectivity index (χ3n) is 6.04. The molecule has 2 heterocycles. The van der Waals surface area contributed by atoms with Crippen LogP contribution in [0, 0.1) is 0 Å². The Balaban J connectivity index is 1.20. The zero-order valence-electron chi connectivity index (χ0n) is 19.0. The Morgan fingerprint density at radius 2 is 1.79 bits per heavy atom. The van der Waals surface area contributed by atoms with Crippen LogP contribution in [0.4, 0.5) is 4.79 Å². The van der Waals surface area contributed by atoms with E-state index in [9.17, 15) is 14.4 Å². The second kappa shape index (κ2) is 10.0. The van der Waals surface area contributed by atoms with Crippen molar-refractivity contribution in [1.82, 2.24) is 14.8 Å². The molecule has 1 amide bonds. The van der Waals surface area contributed by atoms with Crippen LogP contribution in [0.25, 0.3) is 11.1 Å². The van der Waals surface area contributed by atoms with Gasteiger partial charge in [-0.3, -0.25) is 14.7 Å². The lowest BCUT2D eigenvalue weighted by atomic mass is 10.0. The standard InChI is InChI=1S/C25H29N3O5/c1-17(2)19-5-3-18(4-6-19)16-32-25(31)28-13-11-27(12-14-28)10-9-22(29)20-7-8-21-23(15-20)33-24(30)26-21/h3-8,15,17H,9-14,16H2,1-2H3,(H,26,30). The predicted octanol–water partition coefficient (Wildman–Crippen LogP) is 3.77. The fourth-order valence-corrected chi connectivity index (χ4v) is 3.91. The number of piperazine rings is 1. The Labute approximate surface area is 192 Å². The average molecular weight is 452 g/mol. The molecule has 1 N–H and O–H groups in total. The third-order valence-corrected chi connectivity index (χ3v) is 6.04. The van der Waals surface area contributed by atoms with Crippen LogP contribution in [-0.4, -0.2) is 59.4 Å². The van der Waals surface area contributed by atoms with E-state index < -0.39 is 5.76 Å². The van der Waals surface area contributed by atoms with Gasteiger partial charge in [-0.2, -0.15) is 0 Å². The lowest BCUT2D eigenvalue weighted by Gasteiger charge is -2.33. The molecule has 0 bridgehead atoms. The highest BCUT2D eigenvalue weighted by molar-refractivity contribution is 5.98. The molecule has 1 aliphatic rings. The predicted molar refractivity (Wildman–Crippen MR) is 125 cm³/mol. The van der Waals surface area contributed by atoms with Gasteiger partial charge < -0.3 is 14.1 Å². The normalized spacial score (nSPS) is 14.7. The molecule has 3 aromatic rings. The molecule has 8 nitrogen and oxygen atoms in total. The number of fused-ring (bicyclic) bond motifs is 1. The van der Waals surface area contributed by atoms with Crippen molar-refractivity contribution in [2.24, 2.45) is 0 Å². The topological polar surface area (TPSA) is 95.9 Å². The third kappa shape index (κ3) is 5.70. The minimum atomic E-state index is -0.532. The van der Waals surface area contributed by atoms with E-state index in [0.717, 1.165) is 5.56 Å². The Hall–Kier alpha value is -3.39. The summed E-state index contributed by atoms with van der Waals surface area (Å²) < 4.78 is 10.5. The van der Waals surface area contributed by atoms with Gasteiger partial charge in [-0.05, 0) is 35.2 Å². The van der Waals surface area contributed by atoms with Gasteiger partial charge in [0, 0.05) is 44.7 Å². The van der Waals surface area contributed by atoms with Gasteiger partial charge >= 0.3 is 11.8 Å². The van der Waals surface area contributed by atoms with E-state index in [4.69, 9.17) is 9.15 Å². The summed E-state index contributed by atoms with van der Waals surface area (Å²) in [5.41, 5.74) is 3.72. The Kier molecular flexibility index (Phi) is 6.93. The fraction of sp³-hybridized carbons (Fsp3) is 0.400. The van der Waals surface area contributed by atoms with Crippen molar-refractivity contribution in [3.8, 4) is 0 Å². The number of aromatic amines is 1. The van der Waals surface area contributed by atoms with Crippen LogP contribution in [0.15, 0.2) is 51.7 Å². The molecule has 1 fully saturated rings. The van der Waals surface area contributed by atoms with E-state index in [0.29, 0.717) is 61.7 Å². The summed E-state index contributed by atoms with van der Waals surface area (Å²) in [5, 5.41) is 0. The molecule has 1 aliphatic heterocycles. The van der Waals surface area contributed by atoms with E-state index in [1.807, 2.05) is 12.1 Å². The molecule has 4 rings (SSSR count). The highest BCUT2D eigenvalue weighted by atomic mass is 16.6. The molecule has 0 unspecified atom stereocenters. The van der Waals surface area contributed by atoms with E-state index in [1.54, 1.807) is 23.1 Å². The van der Waals surface area contributed by atoms with E-state index in [-0.39, 0.29) is 18.5 Å². The van der Waals surface area contributed by atoms with Crippen molar-refractivity contribution >= 4 is 23.0 Å². The molecule has 174 valence electrons. The first kappa shape index (κ1) is 22.8. The van der Waals surface area contributed by atoms with Crippen LogP contribution in [-0.2, 0) is 11.3 Å². The van der Waals surface area contributed by atoms with Crippen LogP contribution in [0.5, 0.6) is 0 Å². The summed E-state index contributed by atoms with van der Waals surface area (Å²) in [7, 11) is 0. The van der Waals surface area contributed by atoms with Gasteiger partial charge in [0.2, 0.25) is 0 Å². The van der Waals surface area contributed by atoms with E-state index >= 15 is 0 Å². The zero-order chi connectivity index (χ0) is 23.4. The van der Waals surface area contributed by atoms with Crippen molar-refractivity contribution in [2.75, 3.05) is 32.7 Å². The lowest BCUT2D eigenvalue weighted by Crippen LogP contribution is -2.49. The number of Topliss-reactive ketones (excluding diaryl/α,β-unsaturated/α-hetero) is 1. The zero-order valence-corrected chi connectivity index (χ0v) is 19.0. The van der Waals surface area contributed by atoms with E-state index in [1.165, 1.54) is 5.56 Å². The molecule has 0 saturated carbocycles. The molecule has 33 heavy (non-hydrogen) atoms. The van der Waals surface area contributed by atoms with Crippen molar-refractivity contribution in [1.29, 1.82) is 0 Å². The first-order valence-electron chi connectivity index (χ1n) is 11.3. The van der Waals surface area contributed by atoms with Crippen LogP contribution >= 0.6 is 0 Å². The number of ether oxygens (including phenoxy) is 1. The number of nitrogens with zero attached hydrogens (tertiary/aromatic N) is 2. The van der Waals surface area contributed by atoms with Crippen molar-refractivity contribution in [3.05, 3.63) is 69.7 Å². The highest BCUT2D eigenvalue weighted by Gasteiger charge is 2.22. The largest absolute Gasteiger partial charge is 0.445 e. The molecule has 0 atom stereocenters. The molecule has 8 heteroatoms. The summed E-state index contributed by atoms with van der Waals surface area (Å²) in [6.45, 7) is 7.69. The Bertz CT molecular complexity index is 1170. The maximum Gasteiger partial charge on any atom is 0.417 e. The summed E-state index contributed by atoms with van der Waals surface area (Å²) in [6.07, 6.45) is 0.0525. The van der Waals surface area contributed by atoms with Gasteiger partial charge in [0.1, 0.15) is 6.61 Å². The highest BCUT2D eigenvalue weighted by Crippen LogP contribution is 2.16. The number of rotatable bonds is 7. The number of benzene rings is 2. The quantitative estimate of drug-likeness (QED) is 0.550. The van der Waals surface area contributed by atoms with Crippen LogP contribution in [0.2, 0.25) is 0 Å². The summed E-state index contributed by atoms with van der Waals surface area (Å²) in [5.74, 6) is -0.0697. The fourth-order valence-electron chi connectivity index (χ4n) is 3.91. The van der Waals surface area contributed by atoms with Gasteiger partial charge in [0.25, 0.3) is 0 Å². The van der Waals surface area contributed by atoms with Crippen molar-refractivity contribution in [3.63, 3.8) is 0 Å². The molecule has 2 aromatic carbocycles. The van der Waals surface area contributed by atoms with Gasteiger partial charge in [0.15, 0.2) is 11.4 Å². The van der Waals surface area contributed by atoms with Gasteiger partial charge in [-0.15, -0.1) is 0 Å². The van der Waals surface area contributed by atoms with Crippen LogP contribution < -0.4 is 5.76 Å². The second-order valence-corrected chi connectivity index (χ2v) is 8.68. The van der Waals surface area contributed by atoms with Gasteiger partial charge in [-0.25, -0.2) is 9.59 Å². The maximum atomic E-state index is 12.5. The Morgan fingerprint density at radius 3 is 2.48 bits per heavy atom. The number of nitrogens with one attached hydrogen (secondary N) is 1. The summed E-state index contributed by atoms with van der Waals surface area (Å²) in [6, 6.07) is 13.1. The number of carbonyl (C=O) groups is 2. The average Bonchev–Trinajstić information content (AvgIpc) is 3.20. The smallest absolute Gasteiger partial charge is 0.417 e. The number of carbonyl (C=O) groups excluding carboxylic acids is 2. The number of H-pyrrole nitrogens is 1. The molecular formula is C25H29N3O5. The van der Waals surface area contributed by atoms with Crippen LogP contribution in [0.1, 0.15) is 47.7 Å². The summed E-state index contributed by atoms with van der Waals surface area (Å²) in [4.78, 5) is 42.7.